The molecule has 0 radical (unpaired) electrons. The van der Waals surface area contributed by atoms with E-state index >= 15 is 0 Å². The van der Waals surface area contributed by atoms with Gasteiger partial charge in [-0.2, -0.15) is 0 Å². The fraction of sp³-hybridized carbons (Fsp3) is 0.279. The zero-order valence-electron chi connectivity index (χ0n) is 38.7. The number of aliphatic hydroxyl groups excluding tert-OH is 1. The number of halogens is 2. The fourth-order valence-electron chi connectivity index (χ4n) is 6.42. The number of amides is 5. The Kier molecular flexibility index (Phi) is 20.6. The van der Waals surface area contributed by atoms with Gasteiger partial charge < -0.3 is 81.2 Å². The Morgan fingerprint density at radius 1 is 0.583 bits per heavy atom. The number of carbonyl (C=O) groups excluding carboxylic acids is 5. The highest BCUT2D eigenvalue weighted by atomic mass is 35.5. The highest BCUT2D eigenvalue weighted by Gasteiger charge is 2.34. The topological polar surface area (TPSA) is 468 Å². The van der Waals surface area contributed by atoms with Crippen LogP contribution in [0.25, 0.3) is 22.5 Å². The molecule has 27 nitrogen and oxygen atoms in total. The minimum atomic E-state index is -2.04. The largest absolute Gasteiger partial charge is 0.372 e. The average Bonchev–Trinajstić information content (AvgIpc) is 3.30. The normalized spacial score (nSPS) is 13.3. The summed E-state index contributed by atoms with van der Waals surface area (Å²) in [5.74, 6) is -8.96. The molecule has 6 atom stereocenters. The van der Waals surface area contributed by atoms with Crippen molar-refractivity contribution in [1.82, 2.24) is 57.8 Å². The van der Waals surface area contributed by atoms with Crippen molar-refractivity contribution in [3.8, 4) is 22.5 Å². The van der Waals surface area contributed by atoms with Crippen molar-refractivity contribution in [2.75, 3.05) is 18.0 Å². The summed E-state index contributed by atoms with van der Waals surface area (Å²) in [5.41, 5.74) is 29.9. The Labute approximate surface area is 422 Å². The molecule has 0 fully saturated rings. The molecule has 0 bridgehead atoms. The summed E-state index contributed by atoms with van der Waals surface area (Å²) in [6, 6.07) is 22.8. The molecule has 6 unspecified atom stereocenters. The molecule has 0 aliphatic heterocycles. The molecule has 1 aromatic heterocycles. The first kappa shape index (κ1) is 56.1. The summed E-state index contributed by atoms with van der Waals surface area (Å²) in [4.78, 5) is 78.2. The van der Waals surface area contributed by atoms with E-state index in [9.17, 15) is 29.1 Å². The molecule has 0 aliphatic carbocycles. The van der Waals surface area contributed by atoms with Crippen LogP contribution in [0.4, 0.5) is 5.95 Å². The molecular formula is C43H57Cl2N21O6. The summed E-state index contributed by atoms with van der Waals surface area (Å²) in [5, 5.41) is 64.2. The molecule has 4 rings (SSSR count). The first-order valence-electron chi connectivity index (χ1n) is 21.6. The Morgan fingerprint density at radius 3 is 1.36 bits per heavy atom. The number of hydrogen-bond acceptors (Lipinski definition) is 14. The van der Waals surface area contributed by atoms with Crippen molar-refractivity contribution in [3.05, 3.63) is 101 Å². The molecule has 0 saturated carbocycles. The zero-order chi connectivity index (χ0) is 53.2. The van der Waals surface area contributed by atoms with Crippen molar-refractivity contribution in [1.29, 1.82) is 21.6 Å². The predicted octanol–water partition coefficient (Wildman–Crippen LogP) is -2.19. The van der Waals surface area contributed by atoms with E-state index in [0.29, 0.717) is 44.5 Å². The number of primary amides is 1. The third-order valence-electron chi connectivity index (χ3n) is 9.87. The maximum Gasteiger partial charge on any atom is 0.265 e. The lowest BCUT2D eigenvalue weighted by molar-refractivity contribution is -0.135. The predicted molar refractivity (Wildman–Crippen MR) is 270 cm³/mol. The van der Waals surface area contributed by atoms with Crippen molar-refractivity contribution < 1.29 is 29.1 Å². The summed E-state index contributed by atoms with van der Waals surface area (Å²) in [6.45, 7) is 3.99. The van der Waals surface area contributed by atoms with Gasteiger partial charge in [0.2, 0.25) is 11.9 Å². The lowest BCUT2D eigenvalue weighted by Gasteiger charge is -2.31. The first-order valence-corrected chi connectivity index (χ1v) is 22.3. The molecule has 72 heavy (non-hydrogen) atoms. The zero-order valence-corrected chi connectivity index (χ0v) is 40.2. The number of nitrogens with zero attached hydrogens (tertiary/aromatic N) is 3. The van der Waals surface area contributed by atoms with Crippen LogP contribution in [0.15, 0.2) is 84.9 Å². The van der Waals surface area contributed by atoms with Crippen LogP contribution in [-0.4, -0.2) is 112 Å². The minimum absolute atomic E-state index is 0.159. The van der Waals surface area contributed by atoms with Crippen LogP contribution in [0.2, 0.25) is 10.0 Å². The van der Waals surface area contributed by atoms with E-state index in [1.807, 2.05) is 19.2 Å². The van der Waals surface area contributed by atoms with Crippen LogP contribution in [0.5, 0.6) is 0 Å². The molecule has 3 aromatic carbocycles. The minimum Gasteiger partial charge on any atom is -0.372 e. The number of hydrogen-bond donors (Lipinski definition) is 19. The summed E-state index contributed by atoms with van der Waals surface area (Å²) in [6.07, 6.45) is -8.53. The maximum absolute atomic E-state index is 14.3. The maximum atomic E-state index is 14.3. The molecule has 384 valence electrons. The summed E-state index contributed by atoms with van der Waals surface area (Å²) < 4.78 is 0. The average molecular weight is 1030 g/mol. The van der Waals surface area contributed by atoms with E-state index in [1.54, 1.807) is 89.8 Å². The van der Waals surface area contributed by atoms with Gasteiger partial charge in [-0.25, -0.2) is 9.97 Å². The van der Waals surface area contributed by atoms with Gasteiger partial charge in [0, 0.05) is 34.3 Å². The van der Waals surface area contributed by atoms with Crippen molar-refractivity contribution >= 4 is 82.5 Å². The second-order valence-corrected chi connectivity index (χ2v) is 16.8. The number of carbonyl (C=O) groups is 5. The van der Waals surface area contributed by atoms with Gasteiger partial charge >= 0.3 is 0 Å². The van der Waals surface area contributed by atoms with Gasteiger partial charge in [0.05, 0.1) is 11.4 Å². The molecular weight excluding hydrogens is 978 g/mol. The van der Waals surface area contributed by atoms with Crippen LogP contribution < -0.4 is 81.4 Å². The van der Waals surface area contributed by atoms with Crippen molar-refractivity contribution in [2.45, 2.75) is 57.2 Å². The molecule has 4 aromatic rings. The highest BCUT2D eigenvalue weighted by Crippen LogP contribution is 2.29. The lowest BCUT2D eigenvalue weighted by Crippen LogP contribution is -2.68. The van der Waals surface area contributed by atoms with Gasteiger partial charge in [0.15, 0.2) is 48.5 Å². The molecule has 0 spiro atoms. The van der Waals surface area contributed by atoms with E-state index in [0.717, 1.165) is 0 Å². The van der Waals surface area contributed by atoms with E-state index in [2.05, 4.69) is 42.5 Å². The third kappa shape index (κ3) is 17.5. The van der Waals surface area contributed by atoms with Gasteiger partial charge in [0.1, 0.15) is 12.3 Å². The van der Waals surface area contributed by atoms with Gasteiger partial charge in [-0.1, -0.05) is 91.6 Å². The first-order chi connectivity index (χ1) is 34.0. The van der Waals surface area contributed by atoms with E-state index in [-0.39, 0.29) is 25.0 Å². The van der Waals surface area contributed by atoms with Crippen LogP contribution in [-0.2, 0) is 24.0 Å². The van der Waals surface area contributed by atoms with E-state index in [1.165, 1.54) is 0 Å². The van der Waals surface area contributed by atoms with Crippen molar-refractivity contribution in [3.63, 3.8) is 0 Å². The van der Waals surface area contributed by atoms with Gasteiger partial charge in [-0.05, 0) is 48.2 Å². The Bertz CT molecular complexity index is 2530. The smallest absolute Gasteiger partial charge is 0.265 e. The van der Waals surface area contributed by atoms with Gasteiger partial charge in [-0.15, -0.1) is 0 Å². The number of benzene rings is 3. The number of aromatic nitrogens is 2. The van der Waals surface area contributed by atoms with Crippen LogP contribution >= 0.6 is 23.2 Å². The molecule has 5 amide bonds. The van der Waals surface area contributed by atoms with E-state index in [4.69, 9.17) is 83.5 Å². The molecule has 1 heterocycles. The molecule has 24 N–H and O–H groups in total. The Hall–Kier alpha value is -8.53. The number of nitrogens with one attached hydrogen (secondary N) is 13. The van der Waals surface area contributed by atoms with E-state index < -0.39 is 90.3 Å². The van der Waals surface area contributed by atoms with Crippen LogP contribution in [0, 0.1) is 27.6 Å². The molecule has 0 aliphatic rings. The second kappa shape index (κ2) is 26.4. The third-order valence-corrected chi connectivity index (χ3v) is 10.4. The van der Waals surface area contributed by atoms with Crippen LogP contribution in [0.1, 0.15) is 31.9 Å². The fourth-order valence-corrected chi connectivity index (χ4v) is 6.68. The Morgan fingerprint density at radius 2 is 0.972 bits per heavy atom. The van der Waals surface area contributed by atoms with Crippen molar-refractivity contribution in [2.24, 2.45) is 34.6 Å². The summed E-state index contributed by atoms with van der Waals surface area (Å²) >= 11 is 12.4. The standard InChI is InChI=1S/C43H57Cl2N21O6/c1-20(2)16-17-66(43-56-26(21-8-12-24(44)13-9-21)18-27(57-43)22-10-14-25(45)15-11-22)28(67)19-55-29(23-6-4-3-5-7-23)35(69)59-32(63-40(49)50)37(71)61-34(65-42(53)54)38(72)60-33(64-41(51)52)36(70)58-31(30(46)68)62-39(47)48/h3-15,18,20,28-29,31-34,55,67H,16-17,19H2,1-2H3,(H2,46,68)(H,58,70)(H,59,69)(H,60,72)(H,61,71)(H4,47,48,62)(H4,49,50,63)(H4,51,52,64)(H4,53,54,65). The molecule has 29 heteroatoms. The molecule has 0 saturated heterocycles. The SMILES string of the molecule is CC(C)CCN(c1nc(-c2ccc(Cl)cc2)cc(-c2ccc(Cl)cc2)n1)C(O)CNC(C(=O)NC(NC(=N)N)C(=O)NC(NC(=N)N)C(=O)NC(NC(=N)N)C(=O)NC(NC(=N)N)C(N)=O)c1ccccc1. The lowest BCUT2D eigenvalue weighted by atomic mass is 10.1. The van der Waals surface area contributed by atoms with Gasteiger partial charge in [-0.3, -0.25) is 50.9 Å². The quantitative estimate of drug-likeness (QED) is 0.0201. The number of anilines is 1. The number of guanidine groups is 4. The number of rotatable bonds is 24. The second-order valence-electron chi connectivity index (χ2n) is 16.0. The highest BCUT2D eigenvalue weighted by molar-refractivity contribution is 6.31. The van der Waals surface area contributed by atoms with Crippen LogP contribution in [0.3, 0.4) is 0 Å². The monoisotopic (exact) mass is 1030 g/mol. The Balaban J connectivity index is 1.64. The van der Waals surface area contributed by atoms with Gasteiger partial charge in [0.25, 0.3) is 23.6 Å². The number of nitrogens with two attached hydrogens (primary N) is 5. The number of aliphatic hydroxyl groups is 1. The summed E-state index contributed by atoms with van der Waals surface area (Å²) in [7, 11) is 0.